The minimum Gasteiger partial charge on any atom is -0.358 e. The molecule has 2 unspecified atom stereocenters. The van der Waals surface area contributed by atoms with E-state index in [2.05, 4.69) is 38.1 Å². The lowest BCUT2D eigenvalue weighted by atomic mass is 9.89. The van der Waals surface area contributed by atoms with Gasteiger partial charge in [0.05, 0.1) is 5.60 Å². The normalized spacial score (nSPS) is 39.6. The van der Waals surface area contributed by atoms with Crippen molar-refractivity contribution >= 4 is 0 Å². The Balaban J connectivity index is 2.05. The van der Waals surface area contributed by atoms with Crippen molar-refractivity contribution < 1.29 is 4.74 Å². The van der Waals surface area contributed by atoms with Crippen molar-refractivity contribution in [3.8, 4) is 0 Å². The lowest BCUT2D eigenvalue weighted by molar-refractivity contribution is 0.224. The van der Waals surface area contributed by atoms with Crippen molar-refractivity contribution in [1.29, 1.82) is 0 Å². The molecule has 1 heteroatoms. The summed E-state index contributed by atoms with van der Waals surface area (Å²) in [5.74, 6) is 0. The van der Waals surface area contributed by atoms with Gasteiger partial charge in [-0.1, -0.05) is 29.8 Å². The molecule has 1 aliphatic carbocycles. The second-order valence-electron chi connectivity index (χ2n) is 4.88. The lowest BCUT2D eigenvalue weighted by Crippen LogP contribution is -2.13. The number of epoxide rings is 1. The van der Waals surface area contributed by atoms with Gasteiger partial charge in [0.2, 0.25) is 0 Å². The summed E-state index contributed by atoms with van der Waals surface area (Å²) in [7, 11) is 0. The standard InChI is InChI=1S/C13H16O/c1-10-5-3-6-11(9-10)13-8-4-7-12(13,2)14-13/h3,5-6,9H,4,7-8H2,1-2H3. The van der Waals surface area contributed by atoms with Crippen molar-refractivity contribution in [1.82, 2.24) is 0 Å². The zero-order valence-corrected chi connectivity index (χ0v) is 8.84. The number of fused-ring (bicyclic) bond motifs is 1. The molecular formula is C13H16O. The molecule has 2 aliphatic rings. The van der Waals surface area contributed by atoms with Crippen LogP contribution in [0, 0.1) is 6.92 Å². The fourth-order valence-corrected chi connectivity index (χ4v) is 3.01. The van der Waals surface area contributed by atoms with Crippen LogP contribution in [0.25, 0.3) is 0 Å². The van der Waals surface area contributed by atoms with Gasteiger partial charge in [-0.15, -0.1) is 0 Å². The average Bonchev–Trinajstić information content (AvgIpc) is 2.61. The number of benzene rings is 1. The van der Waals surface area contributed by atoms with Gasteiger partial charge in [-0.3, -0.25) is 0 Å². The summed E-state index contributed by atoms with van der Waals surface area (Å²) in [6, 6.07) is 8.77. The van der Waals surface area contributed by atoms with Crippen molar-refractivity contribution in [2.45, 2.75) is 44.3 Å². The minimum absolute atomic E-state index is 0.0824. The van der Waals surface area contributed by atoms with E-state index in [1.807, 2.05) is 0 Å². The highest BCUT2D eigenvalue weighted by Crippen LogP contribution is 2.65. The maximum absolute atomic E-state index is 5.97. The molecule has 0 N–H and O–H groups in total. The van der Waals surface area contributed by atoms with Gasteiger partial charge >= 0.3 is 0 Å². The van der Waals surface area contributed by atoms with Crippen LogP contribution < -0.4 is 0 Å². The maximum atomic E-state index is 5.97. The first-order valence-electron chi connectivity index (χ1n) is 5.44. The van der Waals surface area contributed by atoms with Gasteiger partial charge in [0.1, 0.15) is 5.60 Å². The first kappa shape index (κ1) is 8.49. The smallest absolute Gasteiger partial charge is 0.123 e. The Morgan fingerprint density at radius 3 is 2.71 bits per heavy atom. The van der Waals surface area contributed by atoms with E-state index in [1.165, 1.54) is 30.4 Å². The minimum atomic E-state index is 0.0824. The first-order valence-corrected chi connectivity index (χ1v) is 5.44. The Hall–Kier alpha value is -0.820. The third-order valence-corrected chi connectivity index (χ3v) is 3.88. The van der Waals surface area contributed by atoms with Gasteiger partial charge < -0.3 is 4.74 Å². The molecule has 2 atom stereocenters. The van der Waals surface area contributed by atoms with Crippen LogP contribution in [-0.2, 0) is 10.3 Å². The van der Waals surface area contributed by atoms with E-state index in [9.17, 15) is 0 Å². The Bertz CT molecular complexity index is 381. The first-order chi connectivity index (χ1) is 6.66. The molecule has 1 saturated carbocycles. The van der Waals surface area contributed by atoms with Crippen LogP contribution in [0.5, 0.6) is 0 Å². The quantitative estimate of drug-likeness (QED) is 0.617. The van der Waals surface area contributed by atoms with Gasteiger partial charge in [-0.2, -0.15) is 0 Å². The summed E-state index contributed by atoms with van der Waals surface area (Å²) in [5.41, 5.74) is 2.96. The number of aryl methyl sites for hydroxylation is 1. The summed E-state index contributed by atoms with van der Waals surface area (Å²) < 4.78 is 5.97. The van der Waals surface area contributed by atoms with E-state index >= 15 is 0 Å². The molecule has 3 rings (SSSR count). The highest BCUT2D eigenvalue weighted by atomic mass is 16.6. The summed E-state index contributed by atoms with van der Waals surface area (Å²) in [6.45, 7) is 4.40. The molecule has 1 nitrogen and oxygen atoms in total. The van der Waals surface area contributed by atoms with E-state index in [4.69, 9.17) is 4.74 Å². The molecule has 0 bridgehead atoms. The molecule has 0 radical (unpaired) electrons. The molecule has 1 saturated heterocycles. The molecule has 1 heterocycles. The molecule has 1 aliphatic heterocycles. The van der Waals surface area contributed by atoms with Crippen LogP contribution in [0.2, 0.25) is 0 Å². The van der Waals surface area contributed by atoms with E-state index in [0.29, 0.717) is 0 Å². The average molecular weight is 188 g/mol. The summed E-state index contributed by atoms with van der Waals surface area (Å²) >= 11 is 0. The Morgan fingerprint density at radius 2 is 2.14 bits per heavy atom. The Labute approximate surface area is 85.1 Å². The third-order valence-electron chi connectivity index (χ3n) is 3.88. The van der Waals surface area contributed by atoms with Crippen molar-refractivity contribution in [2.75, 3.05) is 0 Å². The van der Waals surface area contributed by atoms with Gasteiger partial charge in [-0.25, -0.2) is 0 Å². The molecule has 0 aromatic heterocycles. The summed E-state index contributed by atoms with van der Waals surface area (Å²) in [5, 5.41) is 0. The van der Waals surface area contributed by atoms with Crippen LogP contribution in [-0.4, -0.2) is 5.60 Å². The van der Waals surface area contributed by atoms with E-state index in [-0.39, 0.29) is 11.2 Å². The zero-order chi connectivity index (χ0) is 9.81. The zero-order valence-electron chi connectivity index (χ0n) is 8.84. The van der Waals surface area contributed by atoms with E-state index in [1.54, 1.807) is 0 Å². The van der Waals surface area contributed by atoms with Crippen LogP contribution in [0.4, 0.5) is 0 Å². The predicted molar refractivity (Wildman–Crippen MR) is 56.2 cm³/mol. The molecule has 0 spiro atoms. The second kappa shape index (κ2) is 2.40. The topological polar surface area (TPSA) is 12.5 Å². The van der Waals surface area contributed by atoms with Crippen molar-refractivity contribution in [3.63, 3.8) is 0 Å². The summed E-state index contributed by atoms with van der Waals surface area (Å²) in [6.07, 6.45) is 3.73. The highest BCUT2D eigenvalue weighted by Gasteiger charge is 2.69. The van der Waals surface area contributed by atoms with E-state index < -0.39 is 0 Å². The summed E-state index contributed by atoms with van der Waals surface area (Å²) in [4.78, 5) is 0. The Morgan fingerprint density at radius 1 is 1.29 bits per heavy atom. The van der Waals surface area contributed by atoms with Crippen molar-refractivity contribution in [3.05, 3.63) is 35.4 Å². The molecule has 1 aromatic carbocycles. The second-order valence-corrected chi connectivity index (χ2v) is 4.88. The highest BCUT2D eigenvalue weighted by molar-refractivity contribution is 5.37. The molecule has 74 valence electrons. The van der Waals surface area contributed by atoms with Gasteiger partial charge in [0.15, 0.2) is 0 Å². The number of ether oxygens (including phenoxy) is 1. The predicted octanol–water partition coefficient (Wildman–Crippen LogP) is 3.16. The van der Waals surface area contributed by atoms with Crippen LogP contribution in [0.3, 0.4) is 0 Å². The number of hydrogen-bond donors (Lipinski definition) is 0. The largest absolute Gasteiger partial charge is 0.358 e. The van der Waals surface area contributed by atoms with Crippen molar-refractivity contribution in [2.24, 2.45) is 0 Å². The number of rotatable bonds is 1. The van der Waals surface area contributed by atoms with Crippen LogP contribution >= 0.6 is 0 Å². The van der Waals surface area contributed by atoms with Gasteiger partial charge in [-0.05, 0) is 38.7 Å². The molecular weight excluding hydrogens is 172 g/mol. The molecule has 0 amide bonds. The maximum Gasteiger partial charge on any atom is 0.123 e. The molecule has 14 heavy (non-hydrogen) atoms. The number of hydrogen-bond acceptors (Lipinski definition) is 1. The van der Waals surface area contributed by atoms with E-state index in [0.717, 1.165) is 0 Å². The monoisotopic (exact) mass is 188 g/mol. The molecule has 2 fully saturated rings. The SMILES string of the molecule is Cc1cccc(C23CCCC2(C)O3)c1. The fourth-order valence-electron chi connectivity index (χ4n) is 3.01. The fraction of sp³-hybridized carbons (Fsp3) is 0.538. The van der Waals surface area contributed by atoms with Crippen LogP contribution in [0.1, 0.15) is 37.3 Å². The lowest BCUT2D eigenvalue weighted by Gasteiger charge is -2.10. The molecule has 1 aromatic rings. The van der Waals surface area contributed by atoms with Gasteiger partial charge in [0, 0.05) is 0 Å². The third kappa shape index (κ3) is 0.885. The van der Waals surface area contributed by atoms with Crippen LogP contribution in [0.15, 0.2) is 24.3 Å². The Kier molecular flexibility index (Phi) is 1.46. The van der Waals surface area contributed by atoms with Gasteiger partial charge in [0.25, 0.3) is 0 Å².